The number of primary amides is 1. The second kappa shape index (κ2) is 10.5. The lowest BCUT2D eigenvalue weighted by Crippen LogP contribution is -2.43. The number of carbonyl (C=O) groups excluding carboxylic acids is 2. The van der Waals surface area contributed by atoms with Gasteiger partial charge in [0.2, 0.25) is 5.91 Å². The number of phenolic OH excluding ortho intramolecular Hbond substituents is 1. The number of nitrogens with zero attached hydrogens (tertiary/aromatic N) is 3. The molecule has 3 N–H and O–H groups in total. The molecule has 7 nitrogen and oxygen atoms in total. The molecule has 2 fully saturated rings. The first kappa shape index (κ1) is 25.3. The fourth-order valence-electron chi connectivity index (χ4n) is 5.76. The SMILES string of the molecule is NC(=O)N1CCC(CC(=O)N2CCC(=C3c4ncc(Br)cc4CCc4cc(O)cc(Br)c43)CC2)CC1. The Morgan fingerprint density at radius 1 is 0.972 bits per heavy atom. The minimum atomic E-state index is -0.373. The molecule has 0 saturated carbocycles. The summed E-state index contributed by atoms with van der Waals surface area (Å²) in [5.74, 6) is 0.762. The standard InChI is InChI=1S/C27H30Br2N4O3/c28-20-12-19-2-1-18-13-21(34)14-22(29)24(18)25(26(19)31-15-20)17-5-9-32(10-6-17)23(35)11-16-3-7-33(8-4-16)27(30)36/h12-16,34H,1-11H2,(H2,30,36). The molecule has 2 aliphatic heterocycles. The van der Waals surface area contributed by atoms with Gasteiger partial charge >= 0.3 is 6.03 Å². The van der Waals surface area contributed by atoms with Gasteiger partial charge in [0.05, 0.1) is 5.69 Å². The van der Waals surface area contributed by atoms with E-state index in [1.807, 2.05) is 17.2 Å². The molecular weight excluding hydrogens is 588 g/mol. The molecule has 3 amide bonds. The van der Waals surface area contributed by atoms with Gasteiger partial charge in [-0.05, 0) is 89.7 Å². The van der Waals surface area contributed by atoms with Gasteiger partial charge < -0.3 is 20.6 Å². The highest BCUT2D eigenvalue weighted by molar-refractivity contribution is 9.10. The number of urea groups is 1. The number of aryl methyl sites for hydroxylation is 2. The van der Waals surface area contributed by atoms with Crippen LogP contribution in [0.4, 0.5) is 4.79 Å². The minimum absolute atomic E-state index is 0.200. The summed E-state index contributed by atoms with van der Waals surface area (Å²) in [6, 6.07) is 5.39. The molecule has 3 aliphatic rings. The van der Waals surface area contributed by atoms with E-state index < -0.39 is 0 Å². The number of nitrogens with two attached hydrogens (primary N) is 1. The molecule has 0 unspecified atom stereocenters. The number of carbonyl (C=O) groups is 2. The predicted molar refractivity (Wildman–Crippen MR) is 145 cm³/mol. The molecular formula is C27H30Br2N4O3. The Labute approximate surface area is 228 Å². The molecule has 1 aromatic carbocycles. The maximum absolute atomic E-state index is 13.1. The summed E-state index contributed by atoms with van der Waals surface area (Å²) in [5.41, 5.74) is 12.2. The minimum Gasteiger partial charge on any atom is -0.508 e. The molecule has 1 aromatic heterocycles. The fourth-order valence-corrected chi connectivity index (χ4v) is 6.83. The van der Waals surface area contributed by atoms with Gasteiger partial charge in [0.15, 0.2) is 0 Å². The molecule has 3 heterocycles. The number of hydrogen-bond acceptors (Lipinski definition) is 4. The van der Waals surface area contributed by atoms with E-state index in [0.717, 1.165) is 69.9 Å². The molecule has 2 aromatic rings. The molecule has 0 spiro atoms. The number of aromatic nitrogens is 1. The summed E-state index contributed by atoms with van der Waals surface area (Å²) in [6.07, 6.45) is 7.30. The normalized spacial score (nSPS) is 18.5. The number of amides is 3. The van der Waals surface area contributed by atoms with Crippen LogP contribution in [-0.2, 0) is 17.6 Å². The van der Waals surface area contributed by atoms with E-state index in [9.17, 15) is 14.7 Å². The largest absolute Gasteiger partial charge is 0.508 e. The highest BCUT2D eigenvalue weighted by Crippen LogP contribution is 2.43. The topological polar surface area (TPSA) is 99.8 Å². The van der Waals surface area contributed by atoms with Crippen molar-refractivity contribution in [2.45, 2.75) is 44.9 Å². The molecule has 2 saturated heterocycles. The van der Waals surface area contributed by atoms with Crippen molar-refractivity contribution in [1.29, 1.82) is 0 Å². The third-order valence-corrected chi connectivity index (χ3v) is 8.76. The molecule has 0 atom stereocenters. The Bertz CT molecular complexity index is 1230. The monoisotopic (exact) mass is 616 g/mol. The van der Waals surface area contributed by atoms with Gasteiger partial charge in [0, 0.05) is 58.9 Å². The lowest BCUT2D eigenvalue weighted by molar-refractivity contribution is -0.132. The number of halogens is 2. The van der Waals surface area contributed by atoms with Gasteiger partial charge in [-0.1, -0.05) is 21.5 Å². The molecule has 190 valence electrons. The maximum Gasteiger partial charge on any atom is 0.314 e. The lowest BCUT2D eigenvalue weighted by Gasteiger charge is -2.34. The van der Waals surface area contributed by atoms with Gasteiger partial charge in [-0.3, -0.25) is 9.78 Å². The van der Waals surface area contributed by atoms with E-state index in [4.69, 9.17) is 10.7 Å². The van der Waals surface area contributed by atoms with E-state index in [1.54, 1.807) is 11.0 Å². The molecule has 5 rings (SSSR count). The molecule has 36 heavy (non-hydrogen) atoms. The van der Waals surface area contributed by atoms with E-state index in [2.05, 4.69) is 37.9 Å². The summed E-state index contributed by atoms with van der Waals surface area (Å²) in [7, 11) is 0. The lowest BCUT2D eigenvalue weighted by atomic mass is 9.88. The van der Waals surface area contributed by atoms with Crippen molar-refractivity contribution in [1.82, 2.24) is 14.8 Å². The van der Waals surface area contributed by atoms with Crippen molar-refractivity contribution in [3.05, 3.63) is 61.3 Å². The Balaban J connectivity index is 1.37. The second-order valence-corrected chi connectivity index (χ2v) is 11.7. The van der Waals surface area contributed by atoms with Gasteiger partial charge in [-0.15, -0.1) is 0 Å². The highest BCUT2D eigenvalue weighted by Gasteiger charge is 2.30. The zero-order chi connectivity index (χ0) is 25.4. The van der Waals surface area contributed by atoms with Crippen LogP contribution in [0.3, 0.4) is 0 Å². The molecule has 0 radical (unpaired) electrons. The number of rotatable bonds is 2. The van der Waals surface area contributed by atoms with Crippen LogP contribution in [0.5, 0.6) is 5.75 Å². The van der Waals surface area contributed by atoms with Gasteiger partial charge in [-0.25, -0.2) is 4.79 Å². The van der Waals surface area contributed by atoms with Gasteiger partial charge in [-0.2, -0.15) is 0 Å². The molecule has 0 bridgehead atoms. The van der Waals surface area contributed by atoms with Crippen LogP contribution in [0.15, 0.2) is 38.9 Å². The number of aromatic hydroxyl groups is 1. The smallest absolute Gasteiger partial charge is 0.314 e. The van der Waals surface area contributed by atoms with E-state index in [0.29, 0.717) is 38.5 Å². The third kappa shape index (κ3) is 5.18. The number of hydrogen-bond donors (Lipinski definition) is 2. The van der Waals surface area contributed by atoms with Crippen LogP contribution in [-0.4, -0.2) is 58.0 Å². The first-order valence-corrected chi connectivity index (χ1v) is 14.1. The summed E-state index contributed by atoms with van der Waals surface area (Å²) in [6.45, 7) is 2.65. The van der Waals surface area contributed by atoms with Crippen LogP contribution >= 0.6 is 31.9 Å². The van der Waals surface area contributed by atoms with Gasteiger partial charge in [0.25, 0.3) is 0 Å². The van der Waals surface area contributed by atoms with Crippen molar-refractivity contribution >= 4 is 49.4 Å². The number of phenols is 1. The molecule has 1 aliphatic carbocycles. The van der Waals surface area contributed by atoms with Crippen LogP contribution in [0.2, 0.25) is 0 Å². The van der Waals surface area contributed by atoms with E-state index in [-0.39, 0.29) is 17.7 Å². The van der Waals surface area contributed by atoms with Crippen LogP contribution in [0.1, 0.15) is 54.5 Å². The summed E-state index contributed by atoms with van der Waals surface area (Å²) < 4.78 is 1.83. The Kier molecular flexibility index (Phi) is 7.40. The van der Waals surface area contributed by atoms with Crippen molar-refractivity contribution in [3.63, 3.8) is 0 Å². The van der Waals surface area contributed by atoms with E-state index in [1.165, 1.54) is 11.1 Å². The quantitative estimate of drug-likeness (QED) is 0.494. The average molecular weight is 618 g/mol. The molecule has 9 heteroatoms. The maximum atomic E-state index is 13.1. The van der Waals surface area contributed by atoms with Crippen LogP contribution in [0, 0.1) is 5.92 Å². The fraction of sp³-hybridized carbons (Fsp3) is 0.444. The predicted octanol–water partition coefficient (Wildman–Crippen LogP) is 5.02. The number of likely N-dealkylation sites (tertiary alicyclic amines) is 2. The Hall–Kier alpha value is -2.39. The average Bonchev–Trinajstić information content (AvgIpc) is 3.01. The Morgan fingerprint density at radius 3 is 2.36 bits per heavy atom. The highest BCUT2D eigenvalue weighted by atomic mass is 79.9. The first-order valence-electron chi connectivity index (χ1n) is 12.5. The van der Waals surface area contributed by atoms with E-state index >= 15 is 0 Å². The van der Waals surface area contributed by atoms with Gasteiger partial charge in [0.1, 0.15) is 5.75 Å². The summed E-state index contributed by atoms with van der Waals surface area (Å²) in [5, 5.41) is 10.3. The number of benzene rings is 1. The zero-order valence-corrected chi connectivity index (χ0v) is 23.3. The first-order chi connectivity index (χ1) is 17.3. The van der Waals surface area contributed by atoms with Crippen molar-refractivity contribution in [2.24, 2.45) is 11.7 Å². The van der Waals surface area contributed by atoms with Crippen molar-refractivity contribution in [3.8, 4) is 5.75 Å². The number of pyridine rings is 1. The second-order valence-electron chi connectivity index (χ2n) is 9.96. The summed E-state index contributed by atoms with van der Waals surface area (Å²) in [4.78, 5) is 33.0. The third-order valence-electron chi connectivity index (χ3n) is 7.70. The number of fused-ring (bicyclic) bond motifs is 2. The number of piperidine rings is 2. The Morgan fingerprint density at radius 2 is 1.67 bits per heavy atom. The van der Waals surface area contributed by atoms with Crippen LogP contribution < -0.4 is 5.73 Å². The van der Waals surface area contributed by atoms with Crippen molar-refractivity contribution < 1.29 is 14.7 Å². The van der Waals surface area contributed by atoms with Crippen molar-refractivity contribution in [2.75, 3.05) is 26.2 Å². The zero-order valence-electron chi connectivity index (χ0n) is 20.1. The summed E-state index contributed by atoms with van der Waals surface area (Å²) >= 11 is 7.29. The van der Waals surface area contributed by atoms with Crippen LogP contribution in [0.25, 0.3) is 5.57 Å².